The van der Waals surface area contributed by atoms with E-state index in [0.29, 0.717) is 36.8 Å². The molecule has 0 atom stereocenters. The average Bonchev–Trinajstić information content (AvgIpc) is 3.62. The maximum atomic E-state index is 13.0. The lowest BCUT2D eigenvalue weighted by Gasteiger charge is -2.26. The molecule has 0 radical (unpaired) electrons. The predicted octanol–water partition coefficient (Wildman–Crippen LogP) is 5.57. The van der Waals surface area contributed by atoms with Gasteiger partial charge in [-0.3, -0.25) is 0 Å². The zero-order valence-electron chi connectivity index (χ0n) is 20.3. The number of sulfonamides is 1. The standard InChI is InChI=1S/C28H24N4O3S3/c33-38(34,31-14-16-35-17-15-31)24-12-10-22(11-13-24)30-28-32(29-19-23-7-4-18-36-23)27(20-37-28)26-9-3-6-21-5-1-2-8-25(21)26/h1-13,18-20H,14-17H2. The highest BCUT2D eigenvalue weighted by molar-refractivity contribution is 7.89. The van der Waals surface area contributed by atoms with Crippen molar-refractivity contribution in [2.45, 2.75) is 4.90 Å². The second-order valence-electron chi connectivity index (χ2n) is 8.62. The fourth-order valence-electron chi connectivity index (χ4n) is 4.34. The fraction of sp³-hybridized carbons (Fsp3) is 0.143. The Morgan fingerprint density at radius 1 is 0.868 bits per heavy atom. The number of rotatable bonds is 6. The van der Waals surface area contributed by atoms with E-state index in [2.05, 4.69) is 29.6 Å². The number of thiophene rings is 1. The van der Waals surface area contributed by atoms with Crippen LogP contribution in [0.5, 0.6) is 0 Å². The maximum Gasteiger partial charge on any atom is 0.243 e. The molecule has 5 aromatic rings. The molecule has 2 aromatic heterocycles. The van der Waals surface area contributed by atoms with Gasteiger partial charge in [0.1, 0.15) is 0 Å². The molecule has 1 aliphatic heterocycles. The van der Waals surface area contributed by atoms with Crippen LogP contribution >= 0.6 is 22.7 Å². The first-order valence-electron chi connectivity index (χ1n) is 12.1. The molecule has 0 saturated carbocycles. The number of nitrogens with zero attached hydrogens (tertiary/aromatic N) is 4. The molecule has 192 valence electrons. The lowest BCUT2D eigenvalue weighted by atomic mass is 10.0. The van der Waals surface area contributed by atoms with Crippen LogP contribution in [0, 0.1) is 0 Å². The molecule has 0 spiro atoms. The molecular formula is C28H24N4O3S3. The van der Waals surface area contributed by atoms with Crippen molar-refractivity contribution in [1.29, 1.82) is 0 Å². The SMILES string of the molecule is O=S(=O)(c1ccc(N=c2scc(-c3cccc4ccccc34)n2N=Cc2cccs2)cc1)N1CCOCC1. The molecule has 3 heterocycles. The van der Waals surface area contributed by atoms with Crippen LogP contribution in [0.2, 0.25) is 0 Å². The van der Waals surface area contributed by atoms with E-state index < -0.39 is 10.0 Å². The van der Waals surface area contributed by atoms with E-state index in [1.807, 2.05) is 46.6 Å². The third kappa shape index (κ3) is 5.01. The summed E-state index contributed by atoms with van der Waals surface area (Å²) in [5, 5.41) is 11.2. The Balaban J connectivity index is 1.41. The van der Waals surface area contributed by atoms with Crippen LogP contribution in [-0.4, -0.2) is 49.9 Å². The van der Waals surface area contributed by atoms with E-state index in [-0.39, 0.29) is 4.90 Å². The van der Waals surface area contributed by atoms with Crippen LogP contribution in [0.15, 0.2) is 105 Å². The van der Waals surface area contributed by atoms with E-state index in [0.717, 1.165) is 26.9 Å². The normalized spacial score (nSPS) is 15.5. The van der Waals surface area contributed by atoms with Crippen LogP contribution in [0.25, 0.3) is 22.0 Å². The van der Waals surface area contributed by atoms with Gasteiger partial charge in [0.05, 0.1) is 35.7 Å². The topological polar surface area (TPSA) is 76.3 Å². The van der Waals surface area contributed by atoms with Crippen molar-refractivity contribution in [2.75, 3.05) is 26.3 Å². The maximum absolute atomic E-state index is 13.0. The summed E-state index contributed by atoms with van der Waals surface area (Å²) in [6, 6.07) is 25.2. The van der Waals surface area contributed by atoms with E-state index in [9.17, 15) is 8.42 Å². The molecular weight excluding hydrogens is 537 g/mol. The van der Waals surface area contributed by atoms with Crippen molar-refractivity contribution in [3.05, 3.63) is 99.3 Å². The number of fused-ring (bicyclic) bond motifs is 1. The molecule has 1 saturated heterocycles. The van der Waals surface area contributed by atoms with Crippen molar-refractivity contribution in [2.24, 2.45) is 10.1 Å². The van der Waals surface area contributed by atoms with Gasteiger partial charge in [-0.05, 0) is 46.5 Å². The van der Waals surface area contributed by atoms with E-state index >= 15 is 0 Å². The zero-order chi connectivity index (χ0) is 26.0. The molecule has 38 heavy (non-hydrogen) atoms. The molecule has 0 aliphatic carbocycles. The van der Waals surface area contributed by atoms with Gasteiger partial charge in [0.2, 0.25) is 14.8 Å². The van der Waals surface area contributed by atoms with Crippen molar-refractivity contribution >= 4 is 55.4 Å². The molecule has 0 amide bonds. The summed E-state index contributed by atoms with van der Waals surface area (Å²) in [6.45, 7) is 1.55. The monoisotopic (exact) mass is 560 g/mol. The van der Waals surface area contributed by atoms with Gasteiger partial charge in [0.15, 0.2) is 0 Å². The summed E-state index contributed by atoms with van der Waals surface area (Å²) >= 11 is 3.11. The highest BCUT2D eigenvalue weighted by Gasteiger charge is 2.26. The van der Waals surface area contributed by atoms with Crippen molar-refractivity contribution in [1.82, 2.24) is 8.98 Å². The lowest BCUT2D eigenvalue weighted by Crippen LogP contribution is -2.40. The van der Waals surface area contributed by atoms with Crippen LogP contribution in [-0.2, 0) is 14.8 Å². The molecule has 0 unspecified atom stereocenters. The first kappa shape index (κ1) is 24.9. The van der Waals surface area contributed by atoms with E-state index in [1.165, 1.54) is 15.6 Å². The largest absolute Gasteiger partial charge is 0.379 e. The van der Waals surface area contributed by atoms with Crippen LogP contribution in [0.1, 0.15) is 4.88 Å². The highest BCUT2D eigenvalue weighted by Crippen LogP contribution is 2.29. The van der Waals surface area contributed by atoms with Crippen molar-refractivity contribution in [3.63, 3.8) is 0 Å². The van der Waals surface area contributed by atoms with Gasteiger partial charge in [-0.1, -0.05) is 48.5 Å². The lowest BCUT2D eigenvalue weighted by molar-refractivity contribution is 0.0730. The number of aromatic nitrogens is 1. The van der Waals surface area contributed by atoms with E-state index in [1.54, 1.807) is 35.6 Å². The number of thiazole rings is 1. The summed E-state index contributed by atoms with van der Waals surface area (Å²) in [7, 11) is -3.56. The number of benzene rings is 3. The van der Waals surface area contributed by atoms with Gasteiger partial charge in [-0.2, -0.15) is 9.41 Å². The second-order valence-corrected chi connectivity index (χ2v) is 12.4. The van der Waals surface area contributed by atoms with Crippen molar-refractivity contribution in [3.8, 4) is 11.3 Å². The number of morpholine rings is 1. The summed E-state index contributed by atoms with van der Waals surface area (Å²) < 4.78 is 34.6. The number of hydrogen-bond donors (Lipinski definition) is 0. The molecule has 1 aliphatic rings. The Morgan fingerprint density at radius 3 is 2.45 bits per heavy atom. The minimum atomic E-state index is -3.56. The Hall–Kier alpha value is -3.41. The minimum absolute atomic E-state index is 0.254. The van der Waals surface area contributed by atoms with Gasteiger partial charge in [-0.25, -0.2) is 18.1 Å². The van der Waals surface area contributed by atoms with Gasteiger partial charge in [0, 0.05) is 28.9 Å². The number of ether oxygens (including phenoxy) is 1. The van der Waals surface area contributed by atoms with Crippen LogP contribution in [0.4, 0.5) is 5.69 Å². The summed E-state index contributed by atoms with van der Waals surface area (Å²) in [6.07, 6.45) is 1.84. The molecule has 3 aromatic carbocycles. The molecule has 7 nitrogen and oxygen atoms in total. The van der Waals surface area contributed by atoms with Gasteiger partial charge < -0.3 is 4.74 Å². The molecule has 1 fully saturated rings. The molecule has 0 N–H and O–H groups in total. The minimum Gasteiger partial charge on any atom is -0.379 e. The third-order valence-corrected chi connectivity index (χ3v) is 9.80. The Labute approximate surface area is 228 Å². The van der Waals surface area contributed by atoms with Gasteiger partial charge in [-0.15, -0.1) is 22.7 Å². The predicted molar refractivity (Wildman–Crippen MR) is 154 cm³/mol. The first-order valence-corrected chi connectivity index (χ1v) is 15.3. The van der Waals surface area contributed by atoms with Crippen LogP contribution < -0.4 is 4.80 Å². The van der Waals surface area contributed by atoms with Crippen LogP contribution in [0.3, 0.4) is 0 Å². The Kier molecular flexibility index (Phi) is 7.05. The molecule has 6 rings (SSSR count). The summed E-state index contributed by atoms with van der Waals surface area (Å²) in [4.78, 5) is 6.82. The quantitative estimate of drug-likeness (QED) is 0.255. The summed E-state index contributed by atoms with van der Waals surface area (Å²) in [5.74, 6) is 0. The zero-order valence-corrected chi connectivity index (χ0v) is 22.8. The van der Waals surface area contributed by atoms with Gasteiger partial charge in [0.25, 0.3) is 0 Å². The Bertz CT molecular complexity index is 1760. The van der Waals surface area contributed by atoms with Gasteiger partial charge >= 0.3 is 0 Å². The molecule has 0 bridgehead atoms. The average molecular weight is 561 g/mol. The van der Waals surface area contributed by atoms with E-state index in [4.69, 9.17) is 14.8 Å². The summed E-state index contributed by atoms with van der Waals surface area (Å²) in [5.41, 5.74) is 2.65. The first-order chi connectivity index (χ1) is 18.6. The Morgan fingerprint density at radius 2 is 1.66 bits per heavy atom. The molecule has 10 heteroatoms. The fourth-order valence-corrected chi connectivity index (χ4v) is 7.18. The third-order valence-electron chi connectivity index (χ3n) is 6.26. The van der Waals surface area contributed by atoms with Crippen molar-refractivity contribution < 1.29 is 13.2 Å². The second kappa shape index (κ2) is 10.8. The number of hydrogen-bond acceptors (Lipinski definition) is 7. The highest BCUT2D eigenvalue weighted by atomic mass is 32.2. The smallest absolute Gasteiger partial charge is 0.243 e.